The molecule has 0 aliphatic carbocycles. The molecule has 0 saturated heterocycles. The Labute approximate surface area is 150 Å². The third kappa shape index (κ3) is 5.59. The fraction of sp³-hybridized carbons (Fsp3) is 0.125. The Balaban J connectivity index is 1.75. The number of anilines is 1. The van der Waals surface area contributed by atoms with Crippen LogP contribution in [0, 0.1) is 0 Å². The fourth-order valence-electron chi connectivity index (χ4n) is 1.69. The average molecular weight is 443 g/mol. The quantitative estimate of drug-likeness (QED) is 0.655. The molecule has 2 rings (SSSR count). The van der Waals surface area contributed by atoms with Gasteiger partial charge >= 0.3 is 0 Å². The molecule has 0 unspecified atom stereocenters. The summed E-state index contributed by atoms with van der Waals surface area (Å²) in [5.74, 6) is 0.443. The maximum absolute atomic E-state index is 12.0. The van der Waals surface area contributed by atoms with Crippen LogP contribution >= 0.6 is 43.6 Å². The van der Waals surface area contributed by atoms with Gasteiger partial charge in [-0.1, -0.05) is 44.0 Å². The van der Waals surface area contributed by atoms with Gasteiger partial charge < -0.3 is 5.32 Å². The zero-order chi connectivity index (χ0) is 15.9. The summed E-state index contributed by atoms with van der Waals surface area (Å²) < 4.78 is 1.89. The van der Waals surface area contributed by atoms with E-state index in [1.54, 1.807) is 12.1 Å². The third-order valence-corrected chi connectivity index (χ3v) is 4.75. The maximum atomic E-state index is 12.0. The van der Waals surface area contributed by atoms with Crippen LogP contribution in [0.5, 0.6) is 0 Å². The molecular formula is C16H13Br2NO2S. The zero-order valence-corrected chi connectivity index (χ0v) is 15.5. The molecule has 0 aliphatic heterocycles. The Morgan fingerprint density at radius 2 is 1.41 bits per heavy atom. The van der Waals surface area contributed by atoms with E-state index in [1.165, 1.54) is 11.8 Å². The van der Waals surface area contributed by atoms with Crippen molar-refractivity contribution in [3.8, 4) is 0 Å². The molecular weight excluding hydrogens is 430 g/mol. The van der Waals surface area contributed by atoms with Gasteiger partial charge in [0.25, 0.3) is 0 Å². The first kappa shape index (κ1) is 17.2. The van der Waals surface area contributed by atoms with Crippen molar-refractivity contribution in [3.63, 3.8) is 0 Å². The molecule has 0 aromatic heterocycles. The van der Waals surface area contributed by atoms with Crippen LogP contribution in [0.15, 0.2) is 57.5 Å². The fourth-order valence-corrected chi connectivity index (χ4v) is 2.93. The lowest BCUT2D eigenvalue weighted by atomic mass is 10.2. The number of Topliss-reactive ketones (excluding diaryl/α,β-unsaturated/α-hetero) is 1. The molecule has 0 saturated carbocycles. The molecule has 1 N–H and O–H groups in total. The molecule has 0 aliphatic rings. The van der Waals surface area contributed by atoms with E-state index in [0.29, 0.717) is 5.56 Å². The number of thioether (sulfide) groups is 1. The molecule has 1 amide bonds. The summed E-state index contributed by atoms with van der Waals surface area (Å²) in [7, 11) is 0. The summed E-state index contributed by atoms with van der Waals surface area (Å²) in [6.07, 6.45) is 0. The number of halogens is 2. The monoisotopic (exact) mass is 441 g/mol. The second-order valence-corrected chi connectivity index (χ2v) is 7.29. The van der Waals surface area contributed by atoms with E-state index in [2.05, 4.69) is 37.2 Å². The van der Waals surface area contributed by atoms with Crippen molar-refractivity contribution >= 4 is 61.0 Å². The molecule has 3 nitrogen and oxygen atoms in total. The Kier molecular flexibility index (Phi) is 6.67. The van der Waals surface area contributed by atoms with Crippen molar-refractivity contribution in [1.82, 2.24) is 0 Å². The van der Waals surface area contributed by atoms with Crippen LogP contribution in [-0.2, 0) is 4.79 Å². The van der Waals surface area contributed by atoms with E-state index in [9.17, 15) is 9.59 Å². The van der Waals surface area contributed by atoms with Gasteiger partial charge in [0.1, 0.15) is 0 Å². The lowest BCUT2D eigenvalue weighted by Gasteiger charge is -2.05. The molecule has 6 heteroatoms. The van der Waals surface area contributed by atoms with Crippen molar-refractivity contribution in [2.75, 3.05) is 16.8 Å². The van der Waals surface area contributed by atoms with Crippen molar-refractivity contribution < 1.29 is 9.59 Å². The summed E-state index contributed by atoms with van der Waals surface area (Å²) in [5, 5.41) is 2.79. The summed E-state index contributed by atoms with van der Waals surface area (Å²) in [6, 6.07) is 14.6. The van der Waals surface area contributed by atoms with Gasteiger partial charge in [-0.2, -0.15) is 0 Å². The van der Waals surface area contributed by atoms with Crippen LogP contribution in [0.1, 0.15) is 10.4 Å². The van der Waals surface area contributed by atoms with Crippen LogP contribution in [0.2, 0.25) is 0 Å². The number of ketones is 1. The van der Waals surface area contributed by atoms with Gasteiger partial charge in [-0.05, 0) is 36.4 Å². The SMILES string of the molecule is O=C(CSCC(=O)c1ccc(Br)cc1)Nc1ccc(Br)cc1. The predicted molar refractivity (Wildman–Crippen MR) is 98.6 cm³/mol. The Hall–Kier alpha value is -1.11. The number of hydrogen-bond acceptors (Lipinski definition) is 3. The lowest BCUT2D eigenvalue weighted by Crippen LogP contribution is -2.15. The predicted octanol–water partition coefficient (Wildman–Crippen LogP) is 4.77. The summed E-state index contributed by atoms with van der Waals surface area (Å²) in [5.41, 5.74) is 1.40. The highest BCUT2D eigenvalue weighted by atomic mass is 79.9. The van der Waals surface area contributed by atoms with Crippen molar-refractivity contribution in [2.24, 2.45) is 0 Å². The van der Waals surface area contributed by atoms with Crippen molar-refractivity contribution in [3.05, 3.63) is 63.0 Å². The molecule has 0 fully saturated rings. The average Bonchev–Trinajstić information content (AvgIpc) is 2.50. The summed E-state index contributed by atoms with van der Waals surface area (Å²) in [4.78, 5) is 23.8. The molecule has 0 heterocycles. The highest BCUT2D eigenvalue weighted by Gasteiger charge is 2.08. The number of nitrogens with one attached hydrogen (secondary N) is 1. The first-order chi connectivity index (χ1) is 10.5. The van der Waals surface area contributed by atoms with Crippen molar-refractivity contribution in [1.29, 1.82) is 0 Å². The molecule has 0 bridgehead atoms. The number of amides is 1. The van der Waals surface area contributed by atoms with Gasteiger partial charge in [0.05, 0.1) is 11.5 Å². The minimum Gasteiger partial charge on any atom is -0.325 e. The largest absolute Gasteiger partial charge is 0.325 e. The number of rotatable bonds is 6. The topological polar surface area (TPSA) is 46.2 Å². The second-order valence-electron chi connectivity index (χ2n) is 4.48. The molecule has 114 valence electrons. The molecule has 2 aromatic rings. The minimum absolute atomic E-state index is 0.0222. The van der Waals surface area contributed by atoms with E-state index in [-0.39, 0.29) is 23.2 Å². The smallest absolute Gasteiger partial charge is 0.234 e. The Bertz CT molecular complexity index is 657. The number of benzene rings is 2. The van der Waals surface area contributed by atoms with Crippen molar-refractivity contribution in [2.45, 2.75) is 0 Å². The van der Waals surface area contributed by atoms with Gasteiger partial charge in [0.2, 0.25) is 5.91 Å². The van der Waals surface area contributed by atoms with Gasteiger partial charge in [0.15, 0.2) is 5.78 Å². The number of carbonyl (C=O) groups excluding carboxylic acids is 2. The van der Waals surface area contributed by atoms with Gasteiger partial charge in [-0.15, -0.1) is 11.8 Å². The van der Waals surface area contributed by atoms with E-state index in [1.807, 2.05) is 36.4 Å². The number of hydrogen-bond donors (Lipinski definition) is 1. The third-order valence-electron chi connectivity index (χ3n) is 2.76. The maximum Gasteiger partial charge on any atom is 0.234 e. The first-order valence-corrected chi connectivity index (χ1v) is 9.20. The van der Waals surface area contributed by atoms with E-state index in [4.69, 9.17) is 0 Å². The minimum atomic E-state index is -0.115. The second kappa shape index (κ2) is 8.50. The highest BCUT2D eigenvalue weighted by molar-refractivity contribution is 9.10. The van der Waals surface area contributed by atoms with Crippen LogP contribution < -0.4 is 5.32 Å². The summed E-state index contributed by atoms with van der Waals surface area (Å²) in [6.45, 7) is 0. The Morgan fingerprint density at radius 3 is 2.00 bits per heavy atom. The zero-order valence-electron chi connectivity index (χ0n) is 11.5. The van der Waals surface area contributed by atoms with Gasteiger partial charge in [0, 0.05) is 20.2 Å². The van der Waals surface area contributed by atoms with Crippen LogP contribution in [0.4, 0.5) is 5.69 Å². The van der Waals surface area contributed by atoms with Crippen LogP contribution in [-0.4, -0.2) is 23.2 Å². The van der Waals surface area contributed by atoms with Crippen LogP contribution in [0.3, 0.4) is 0 Å². The molecule has 22 heavy (non-hydrogen) atoms. The molecule has 2 aromatic carbocycles. The highest BCUT2D eigenvalue weighted by Crippen LogP contribution is 2.15. The summed E-state index contributed by atoms with van der Waals surface area (Å²) >= 11 is 7.98. The van der Waals surface area contributed by atoms with Gasteiger partial charge in [-0.3, -0.25) is 9.59 Å². The lowest BCUT2D eigenvalue weighted by molar-refractivity contribution is -0.113. The van der Waals surface area contributed by atoms with E-state index < -0.39 is 0 Å². The van der Waals surface area contributed by atoms with Gasteiger partial charge in [-0.25, -0.2) is 0 Å². The molecule has 0 spiro atoms. The molecule has 0 radical (unpaired) electrons. The van der Waals surface area contributed by atoms with E-state index in [0.717, 1.165) is 14.6 Å². The molecule has 0 atom stereocenters. The number of carbonyl (C=O) groups is 2. The normalized spacial score (nSPS) is 10.3. The van der Waals surface area contributed by atoms with E-state index >= 15 is 0 Å². The first-order valence-electron chi connectivity index (χ1n) is 6.46. The van der Waals surface area contributed by atoms with Crippen LogP contribution in [0.25, 0.3) is 0 Å². The Morgan fingerprint density at radius 1 is 0.864 bits per heavy atom. The standard InChI is InChI=1S/C16H13Br2NO2S/c17-12-3-1-11(2-4-12)15(20)9-22-10-16(21)19-14-7-5-13(18)6-8-14/h1-8H,9-10H2,(H,19,21).